The largest absolute Gasteiger partial charge is 0.351 e. The number of carbonyl (C=O) groups is 1. The first-order chi connectivity index (χ1) is 7.48. The molecule has 0 saturated carbocycles. The molecule has 0 aromatic rings. The van der Waals surface area contributed by atoms with E-state index in [4.69, 9.17) is 0 Å². The smallest absolute Gasteiger partial charge is 0.258 e. The molecule has 0 N–H and O–H groups in total. The summed E-state index contributed by atoms with van der Waals surface area (Å²) in [6.07, 6.45) is 1.26. The van der Waals surface area contributed by atoms with Gasteiger partial charge in [0.2, 0.25) is 0 Å². The van der Waals surface area contributed by atoms with Gasteiger partial charge in [0.1, 0.15) is 9.84 Å². The molecule has 90 valence electrons. The first kappa shape index (κ1) is 11.9. The molecule has 16 heavy (non-hydrogen) atoms. The van der Waals surface area contributed by atoms with Gasteiger partial charge in [-0.05, 0) is 12.8 Å². The second-order valence-corrected chi connectivity index (χ2v) is 7.32. The molecule has 7 heteroatoms. The Morgan fingerprint density at radius 2 is 2.00 bits per heavy atom. The highest BCUT2D eigenvalue weighted by Crippen LogP contribution is 2.23. The lowest BCUT2D eigenvalue weighted by Crippen LogP contribution is -2.40. The normalized spacial score (nSPS) is 25.6. The summed E-state index contributed by atoms with van der Waals surface area (Å²) in [4.78, 5) is 16.9. The molecule has 0 aromatic carbocycles. The van der Waals surface area contributed by atoms with Crippen LogP contribution in [0.5, 0.6) is 0 Å². The van der Waals surface area contributed by atoms with Crippen LogP contribution in [-0.4, -0.2) is 54.7 Å². The molecule has 0 aliphatic carbocycles. The summed E-state index contributed by atoms with van der Waals surface area (Å²) in [5, 5.41) is 0.731. The Kier molecular flexibility index (Phi) is 3.25. The molecule has 0 atom stereocenters. The molecular formula is C9H14N2O3S2. The zero-order valence-corrected chi connectivity index (χ0v) is 10.7. The van der Waals surface area contributed by atoms with E-state index in [1.54, 1.807) is 0 Å². The summed E-state index contributed by atoms with van der Waals surface area (Å²) in [5.74, 6) is 0.794. The Morgan fingerprint density at radius 3 is 2.50 bits per heavy atom. The lowest BCUT2D eigenvalue weighted by molar-refractivity contribution is -0.115. The van der Waals surface area contributed by atoms with Crippen LogP contribution in [0.4, 0.5) is 0 Å². The zero-order valence-electron chi connectivity index (χ0n) is 9.05. The summed E-state index contributed by atoms with van der Waals surface area (Å²) in [5.41, 5.74) is 0. The second-order valence-electron chi connectivity index (χ2n) is 4.07. The number of sulfone groups is 1. The fourth-order valence-corrected chi connectivity index (χ4v) is 4.20. The number of nitrogens with zero attached hydrogens (tertiary/aromatic N) is 2. The van der Waals surface area contributed by atoms with E-state index < -0.39 is 9.84 Å². The molecule has 1 fully saturated rings. The third-order valence-electron chi connectivity index (χ3n) is 2.92. The van der Waals surface area contributed by atoms with Crippen LogP contribution in [0.25, 0.3) is 0 Å². The topological polar surface area (TPSA) is 66.8 Å². The molecule has 1 amide bonds. The van der Waals surface area contributed by atoms with E-state index in [2.05, 4.69) is 4.99 Å². The number of rotatable bonds is 1. The first-order valence-corrected chi connectivity index (χ1v) is 7.96. The van der Waals surface area contributed by atoms with Gasteiger partial charge in [0.25, 0.3) is 5.91 Å². The van der Waals surface area contributed by atoms with Crippen LogP contribution < -0.4 is 0 Å². The predicted molar refractivity (Wildman–Crippen MR) is 64.3 cm³/mol. The number of hydrogen-bond acceptors (Lipinski definition) is 5. The minimum Gasteiger partial charge on any atom is -0.351 e. The summed E-state index contributed by atoms with van der Waals surface area (Å²) in [6, 6.07) is 0.195. The van der Waals surface area contributed by atoms with Gasteiger partial charge in [-0.3, -0.25) is 4.79 Å². The minimum absolute atomic E-state index is 0.102. The Labute approximate surface area is 99.2 Å². The minimum atomic E-state index is -2.82. The van der Waals surface area contributed by atoms with E-state index in [1.807, 2.05) is 11.9 Å². The molecule has 2 aliphatic heterocycles. The van der Waals surface area contributed by atoms with Crippen LogP contribution in [0, 0.1) is 0 Å². The van der Waals surface area contributed by atoms with Crippen LogP contribution in [-0.2, 0) is 14.6 Å². The van der Waals surface area contributed by atoms with Gasteiger partial charge in [-0.2, -0.15) is 4.99 Å². The molecule has 2 heterocycles. The third-order valence-corrected chi connectivity index (χ3v) is 5.66. The Hall–Kier alpha value is -0.560. The van der Waals surface area contributed by atoms with Gasteiger partial charge in [-0.25, -0.2) is 8.42 Å². The molecule has 0 bridgehead atoms. The van der Waals surface area contributed by atoms with Crippen LogP contribution >= 0.6 is 11.8 Å². The molecule has 1 saturated heterocycles. The fourth-order valence-electron chi connectivity index (χ4n) is 1.90. The summed E-state index contributed by atoms with van der Waals surface area (Å²) >= 11 is 1.43. The van der Waals surface area contributed by atoms with Crippen LogP contribution in [0.1, 0.15) is 12.8 Å². The van der Waals surface area contributed by atoms with Crippen molar-refractivity contribution in [3.63, 3.8) is 0 Å². The molecule has 2 rings (SSSR count). The van der Waals surface area contributed by atoms with E-state index in [0.717, 1.165) is 5.17 Å². The highest BCUT2D eigenvalue weighted by atomic mass is 32.2. The number of carbonyl (C=O) groups excluding carboxylic acids is 1. The van der Waals surface area contributed by atoms with E-state index in [1.165, 1.54) is 11.8 Å². The summed E-state index contributed by atoms with van der Waals surface area (Å²) < 4.78 is 22.6. The second kappa shape index (κ2) is 4.37. The maximum atomic E-state index is 11.3. The number of amidine groups is 1. The van der Waals surface area contributed by atoms with E-state index >= 15 is 0 Å². The number of aliphatic imine (C=N–C) groups is 1. The van der Waals surface area contributed by atoms with Crippen LogP contribution in [0.15, 0.2) is 4.99 Å². The average Bonchev–Trinajstić information content (AvgIpc) is 2.64. The van der Waals surface area contributed by atoms with Crippen molar-refractivity contribution in [3.05, 3.63) is 0 Å². The lowest BCUT2D eigenvalue weighted by atomic mass is 10.1. The molecule has 5 nitrogen and oxygen atoms in total. The van der Waals surface area contributed by atoms with Crippen molar-refractivity contribution in [2.45, 2.75) is 18.9 Å². The van der Waals surface area contributed by atoms with Gasteiger partial charge in [-0.15, -0.1) is 0 Å². The monoisotopic (exact) mass is 262 g/mol. The highest BCUT2D eigenvalue weighted by Gasteiger charge is 2.29. The van der Waals surface area contributed by atoms with Gasteiger partial charge in [-0.1, -0.05) is 11.8 Å². The Balaban J connectivity index is 1.99. The molecule has 2 aliphatic rings. The Bertz CT molecular complexity index is 416. The van der Waals surface area contributed by atoms with Crippen LogP contribution in [0.2, 0.25) is 0 Å². The maximum Gasteiger partial charge on any atom is 0.258 e. The van der Waals surface area contributed by atoms with Crippen molar-refractivity contribution in [1.82, 2.24) is 4.90 Å². The van der Waals surface area contributed by atoms with Crippen molar-refractivity contribution in [2.24, 2.45) is 4.99 Å². The van der Waals surface area contributed by atoms with E-state index in [9.17, 15) is 13.2 Å². The third kappa shape index (κ3) is 2.57. The molecule has 0 radical (unpaired) electrons. The maximum absolute atomic E-state index is 11.3. The molecule has 0 spiro atoms. The SMILES string of the molecule is CN(C1=NC(=O)CS1)C1CCS(=O)(=O)CC1. The lowest BCUT2D eigenvalue weighted by Gasteiger charge is -2.31. The average molecular weight is 262 g/mol. The Morgan fingerprint density at radius 1 is 1.38 bits per heavy atom. The highest BCUT2D eigenvalue weighted by molar-refractivity contribution is 8.14. The summed E-state index contributed by atoms with van der Waals surface area (Å²) in [6.45, 7) is 0. The predicted octanol–water partition coefficient (Wildman–Crippen LogP) is 0.125. The fraction of sp³-hybridized carbons (Fsp3) is 0.778. The van der Waals surface area contributed by atoms with Crippen molar-refractivity contribution < 1.29 is 13.2 Å². The quantitative estimate of drug-likeness (QED) is 0.672. The number of hydrogen-bond donors (Lipinski definition) is 0. The van der Waals surface area contributed by atoms with Gasteiger partial charge >= 0.3 is 0 Å². The first-order valence-electron chi connectivity index (χ1n) is 5.15. The number of thioether (sulfide) groups is 1. The van der Waals surface area contributed by atoms with Gasteiger partial charge in [0.05, 0.1) is 17.3 Å². The molecular weight excluding hydrogens is 248 g/mol. The summed E-state index contributed by atoms with van der Waals surface area (Å²) in [7, 11) is -0.942. The standard InChI is InChI=1S/C9H14N2O3S2/c1-11(9-10-8(12)6-15-9)7-2-4-16(13,14)5-3-7/h7H,2-6H2,1H3. The molecule has 0 aromatic heterocycles. The van der Waals surface area contributed by atoms with E-state index in [0.29, 0.717) is 18.6 Å². The van der Waals surface area contributed by atoms with Gasteiger partial charge in [0.15, 0.2) is 5.17 Å². The van der Waals surface area contributed by atoms with E-state index in [-0.39, 0.29) is 23.5 Å². The van der Waals surface area contributed by atoms with Crippen molar-refractivity contribution in [2.75, 3.05) is 24.3 Å². The molecule has 0 unspecified atom stereocenters. The zero-order chi connectivity index (χ0) is 11.8. The van der Waals surface area contributed by atoms with Gasteiger partial charge in [0, 0.05) is 13.1 Å². The van der Waals surface area contributed by atoms with Crippen LogP contribution in [0.3, 0.4) is 0 Å². The van der Waals surface area contributed by atoms with Crippen molar-refractivity contribution in [3.8, 4) is 0 Å². The number of amides is 1. The van der Waals surface area contributed by atoms with Crippen molar-refractivity contribution in [1.29, 1.82) is 0 Å². The van der Waals surface area contributed by atoms with Crippen molar-refractivity contribution >= 4 is 32.7 Å². The van der Waals surface area contributed by atoms with Gasteiger partial charge < -0.3 is 4.90 Å².